The number of piperidine rings is 1. The minimum absolute atomic E-state index is 0.225. The molecule has 4 heterocycles. The summed E-state index contributed by atoms with van der Waals surface area (Å²) in [6, 6.07) is 12.7. The van der Waals surface area contributed by atoms with E-state index in [1.54, 1.807) is 11.3 Å². The van der Waals surface area contributed by atoms with Gasteiger partial charge < -0.3 is 9.32 Å². The smallest absolute Gasteiger partial charge is 0.274 e. The molecule has 0 aliphatic carbocycles. The fraction of sp³-hybridized carbons (Fsp3) is 0.350. The molecule has 0 unspecified atom stereocenters. The molecule has 0 spiro atoms. The number of thiazole rings is 1. The third-order valence-electron chi connectivity index (χ3n) is 5.44. The summed E-state index contributed by atoms with van der Waals surface area (Å²) in [5, 5.41) is 11.9. The summed E-state index contributed by atoms with van der Waals surface area (Å²) in [5.41, 5.74) is 1.13. The SMILES string of the molecule is C[C@H](c1nnc(-c2cccs2)o1)[NH+]1CCC(c2nc3ccccc3s2)CC1. The highest BCUT2D eigenvalue weighted by atomic mass is 32.1. The van der Waals surface area contributed by atoms with E-state index in [1.807, 2.05) is 28.8 Å². The van der Waals surface area contributed by atoms with E-state index >= 15 is 0 Å². The molecule has 1 N–H and O–H groups in total. The van der Waals surface area contributed by atoms with Crippen molar-refractivity contribution >= 4 is 32.9 Å². The second-order valence-corrected chi connectivity index (χ2v) is 9.11. The predicted molar refractivity (Wildman–Crippen MR) is 108 cm³/mol. The highest BCUT2D eigenvalue weighted by Crippen LogP contribution is 2.32. The molecule has 5 rings (SSSR count). The molecule has 1 atom stereocenters. The largest absolute Gasteiger partial charge is 0.414 e. The van der Waals surface area contributed by atoms with Gasteiger partial charge in [0.05, 0.1) is 33.2 Å². The molecule has 4 aromatic rings. The number of hydrogen-bond donors (Lipinski definition) is 1. The van der Waals surface area contributed by atoms with Gasteiger partial charge in [-0.15, -0.1) is 32.9 Å². The maximum Gasteiger partial charge on any atom is 0.274 e. The van der Waals surface area contributed by atoms with Crippen LogP contribution < -0.4 is 4.90 Å². The average molecular weight is 398 g/mol. The first-order chi connectivity index (χ1) is 13.3. The topological polar surface area (TPSA) is 56.2 Å². The van der Waals surface area contributed by atoms with Gasteiger partial charge in [0.25, 0.3) is 11.8 Å². The molecule has 0 amide bonds. The van der Waals surface area contributed by atoms with Crippen molar-refractivity contribution in [2.24, 2.45) is 0 Å². The Balaban J connectivity index is 1.26. The Kier molecular flexibility index (Phi) is 4.51. The van der Waals surface area contributed by atoms with Gasteiger partial charge in [-0.25, -0.2) is 4.98 Å². The lowest BCUT2D eigenvalue weighted by molar-refractivity contribution is -0.936. The Morgan fingerprint density at radius 3 is 2.74 bits per heavy atom. The molecule has 5 nitrogen and oxygen atoms in total. The Morgan fingerprint density at radius 2 is 1.96 bits per heavy atom. The lowest BCUT2D eigenvalue weighted by Gasteiger charge is -2.31. The van der Waals surface area contributed by atoms with Crippen molar-refractivity contribution in [1.82, 2.24) is 15.2 Å². The van der Waals surface area contributed by atoms with Crippen LogP contribution in [0, 0.1) is 0 Å². The van der Waals surface area contributed by atoms with E-state index in [-0.39, 0.29) is 6.04 Å². The molecular weight excluding hydrogens is 376 g/mol. The molecule has 7 heteroatoms. The standard InChI is InChI=1S/C20H20N4OS2/c1-13(18-22-23-19(25-18)17-7-4-12-26-17)24-10-8-14(9-11-24)20-21-15-5-2-3-6-16(15)27-20/h2-7,12-14H,8-11H2,1H3/p+1/t13-/m1/s1. The van der Waals surface area contributed by atoms with Crippen molar-refractivity contribution in [3.63, 3.8) is 0 Å². The molecule has 3 aromatic heterocycles. The number of quaternary nitrogens is 1. The highest BCUT2D eigenvalue weighted by Gasteiger charge is 2.32. The molecule has 1 aliphatic rings. The summed E-state index contributed by atoms with van der Waals surface area (Å²) in [7, 11) is 0. The summed E-state index contributed by atoms with van der Waals surface area (Å²) < 4.78 is 7.25. The molecule has 0 bridgehead atoms. The number of fused-ring (bicyclic) bond motifs is 1. The number of aromatic nitrogens is 3. The first-order valence-electron chi connectivity index (χ1n) is 9.35. The number of nitrogens with one attached hydrogen (secondary N) is 1. The van der Waals surface area contributed by atoms with Gasteiger partial charge in [0.2, 0.25) is 0 Å². The zero-order chi connectivity index (χ0) is 18.2. The fourth-order valence-electron chi connectivity index (χ4n) is 3.82. The number of nitrogens with zero attached hydrogens (tertiary/aromatic N) is 3. The zero-order valence-corrected chi connectivity index (χ0v) is 16.7. The summed E-state index contributed by atoms with van der Waals surface area (Å²) in [6.45, 7) is 4.41. The monoisotopic (exact) mass is 397 g/mol. The second-order valence-electron chi connectivity index (χ2n) is 7.10. The molecule has 0 saturated carbocycles. The predicted octanol–water partition coefficient (Wildman–Crippen LogP) is 3.93. The van der Waals surface area contributed by atoms with Crippen molar-refractivity contribution in [3.05, 3.63) is 52.7 Å². The number of rotatable bonds is 4. The van der Waals surface area contributed by atoms with Gasteiger partial charge in [0, 0.05) is 18.8 Å². The van der Waals surface area contributed by atoms with Crippen LogP contribution in [-0.4, -0.2) is 28.3 Å². The van der Waals surface area contributed by atoms with Crippen LogP contribution in [0.1, 0.15) is 42.6 Å². The maximum atomic E-state index is 5.95. The summed E-state index contributed by atoms with van der Waals surface area (Å²) in [4.78, 5) is 7.42. The third kappa shape index (κ3) is 3.31. The van der Waals surface area contributed by atoms with Gasteiger partial charge in [0.15, 0.2) is 6.04 Å². The zero-order valence-electron chi connectivity index (χ0n) is 15.1. The van der Waals surface area contributed by atoms with E-state index in [4.69, 9.17) is 9.40 Å². The van der Waals surface area contributed by atoms with Crippen LogP contribution in [0.3, 0.4) is 0 Å². The van der Waals surface area contributed by atoms with Crippen LogP contribution in [0.25, 0.3) is 21.0 Å². The van der Waals surface area contributed by atoms with Crippen LogP contribution >= 0.6 is 22.7 Å². The van der Waals surface area contributed by atoms with Crippen LogP contribution in [-0.2, 0) is 0 Å². The van der Waals surface area contributed by atoms with E-state index in [1.165, 1.54) is 14.6 Å². The van der Waals surface area contributed by atoms with Crippen molar-refractivity contribution < 1.29 is 9.32 Å². The minimum atomic E-state index is 0.225. The lowest BCUT2D eigenvalue weighted by Crippen LogP contribution is -3.13. The number of thiophene rings is 1. The number of para-hydroxylation sites is 1. The van der Waals surface area contributed by atoms with E-state index in [0.29, 0.717) is 11.8 Å². The summed E-state index contributed by atoms with van der Waals surface area (Å²) in [5.74, 6) is 1.95. The van der Waals surface area contributed by atoms with Gasteiger partial charge in [-0.1, -0.05) is 18.2 Å². The Hall–Kier alpha value is -2.09. The quantitative estimate of drug-likeness (QED) is 0.567. The average Bonchev–Trinajstić information content (AvgIpc) is 3.47. The van der Waals surface area contributed by atoms with Gasteiger partial charge in [-0.2, -0.15) is 0 Å². The number of benzene rings is 1. The van der Waals surface area contributed by atoms with Gasteiger partial charge >= 0.3 is 0 Å². The van der Waals surface area contributed by atoms with Crippen LogP contribution in [0.4, 0.5) is 0 Å². The van der Waals surface area contributed by atoms with E-state index in [9.17, 15) is 0 Å². The van der Waals surface area contributed by atoms with Crippen molar-refractivity contribution in [3.8, 4) is 10.8 Å². The minimum Gasteiger partial charge on any atom is -0.414 e. The summed E-state index contributed by atoms with van der Waals surface area (Å²) >= 11 is 3.48. The summed E-state index contributed by atoms with van der Waals surface area (Å²) in [6.07, 6.45) is 2.32. The Bertz CT molecular complexity index is 998. The molecular formula is C20H21N4OS2+. The first-order valence-corrected chi connectivity index (χ1v) is 11.0. The highest BCUT2D eigenvalue weighted by molar-refractivity contribution is 7.18. The van der Waals surface area contributed by atoms with Crippen LogP contribution in [0.2, 0.25) is 0 Å². The number of hydrogen-bond acceptors (Lipinski definition) is 6. The third-order valence-corrected chi connectivity index (χ3v) is 7.50. The molecule has 27 heavy (non-hydrogen) atoms. The normalized spacial score (nSPS) is 21.5. The molecule has 1 fully saturated rings. The van der Waals surface area contributed by atoms with E-state index in [2.05, 4.69) is 41.4 Å². The first kappa shape index (κ1) is 17.0. The van der Waals surface area contributed by atoms with Crippen LogP contribution in [0.15, 0.2) is 46.2 Å². The molecule has 1 saturated heterocycles. The maximum absolute atomic E-state index is 5.95. The second kappa shape index (κ2) is 7.14. The van der Waals surface area contributed by atoms with Crippen LogP contribution in [0.5, 0.6) is 0 Å². The molecule has 1 aliphatic heterocycles. The van der Waals surface area contributed by atoms with Gasteiger partial charge in [-0.3, -0.25) is 0 Å². The Morgan fingerprint density at radius 1 is 1.11 bits per heavy atom. The number of likely N-dealkylation sites (tertiary alicyclic amines) is 1. The molecule has 0 radical (unpaired) electrons. The van der Waals surface area contributed by atoms with E-state index in [0.717, 1.165) is 42.2 Å². The lowest BCUT2D eigenvalue weighted by atomic mass is 9.96. The van der Waals surface area contributed by atoms with Gasteiger partial charge in [0.1, 0.15) is 0 Å². The molecule has 138 valence electrons. The van der Waals surface area contributed by atoms with Crippen molar-refractivity contribution in [2.75, 3.05) is 13.1 Å². The fourth-order valence-corrected chi connectivity index (χ4v) is 5.60. The molecule has 1 aromatic carbocycles. The van der Waals surface area contributed by atoms with Crippen molar-refractivity contribution in [2.45, 2.75) is 31.7 Å². The van der Waals surface area contributed by atoms with E-state index < -0.39 is 0 Å². The van der Waals surface area contributed by atoms with Gasteiger partial charge in [-0.05, 0) is 30.5 Å². The van der Waals surface area contributed by atoms with Crippen molar-refractivity contribution in [1.29, 1.82) is 0 Å². The Labute approximate surface area is 165 Å².